The van der Waals surface area contributed by atoms with Crippen LogP contribution < -0.4 is 5.32 Å². The van der Waals surface area contributed by atoms with Crippen LogP contribution >= 0.6 is 0 Å². The van der Waals surface area contributed by atoms with Crippen LogP contribution in [0.2, 0.25) is 0 Å². The molecule has 19 heavy (non-hydrogen) atoms. The van der Waals surface area contributed by atoms with E-state index in [9.17, 15) is 0 Å². The smallest absolute Gasteiger partial charge is 0.00683 e. The lowest BCUT2D eigenvalue weighted by molar-refractivity contribution is 0.230. The highest BCUT2D eigenvalue weighted by molar-refractivity contribution is 5.29. The Labute approximate surface area is 118 Å². The lowest BCUT2D eigenvalue weighted by Gasteiger charge is -2.31. The minimum absolute atomic E-state index is 0.361. The summed E-state index contributed by atoms with van der Waals surface area (Å²) in [4.78, 5) is 0. The minimum atomic E-state index is 0.361. The van der Waals surface area contributed by atoms with Gasteiger partial charge in [0.25, 0.3) is 0 Å². The molecule has 1 aromatic rings. The predicted octanol–water partition coefficient (Wildman–Crippen LogP) is 4.26. The summed E-state index contributed by atoms with van der Waals surface area (Å²) in [6, 6.07) is 7.77. The van der Waals surface area contributed by atoms with E-state index in [1.807, 2.05) is 0 Å². The third-order valence-electron chi connectivity index (χ3n) is 4.22. The van der Waals surface area contributed by atoms with Crippen LogP contribution in [0.5, 0.6) is 0 Å². The quantitative estimate of drug-likeness (QED) is 0.833. The second kappa shape index (κ2) is 5.66. The molecule has 0 amide bonds. The highest BCUT2D eigenvalue weighted by atomic mass is 14.9. The van der Waals surface area contributed by atoms with Gasteiger partial charge in [0.05, 0.1) is 0 Å². The van der Waals surface area contributed by atoms with Crippen molar-refractivity contribution in [2.45, 2.75) is 59.9 Å². The summed E-state index contributed by atoms with van der Waals surface area (Å²) in [5, 5.41) is 3.71. The Hall–Kier alpha value is -0.820. The van der Waals surface area contributed by atoms with E-state index in [1.54, 1.807) is 0 Å². The van der Waals surface area contributed by atoms with E-state index in [4.69, 9.17) is 0 Å². The van der Waals surface area contributed by atoms with E-state index >= 15 is 0 Å². The fourth-order valence-corrected chi connectivity index (χ4v) is 2.75. The standard InChI is InChI=1S/C18H29N/c1-13-8-14(2)10-15(9-13)11-16(18(3,4)5)12-19-17-6-7-17/h8-10,16-17,19H,6-7,11-12H2,1-5H3. The van der Waals surface area contributed by atoms with Gasteiger partial charge in [-0.2, -0.15) is 0 Å². The van der Waals surface area contributed by atoms with Crippen molar-refractivity contribution in [2.24, 2.45) is 11.3 Å². The molecule has 0 aliphatic heterocycles. The Morgan fingerprint density at radius 2 is 1.68 bits per heavy atom. The summed E-state index contributed by atoms with van der Waals surface area (Å²) in [6.45, 7) is 12.7. The second-order valence-corrected chi connectivity index (χ2v) is 7.45. The first-order valence-electron chi connectivity index (χ1n) is 7.65. The highest BCUT2D eigenvalue weighted by Crippen LogP contribution is 2.30. The van der Waals surface area contributed by atoms with E-state index in [2.05, 4.69) is 58.1 Å². The van der Waals surface area contributed by atoms with E-state index in [1.165, 1.54) is 36.0 Å². The Morgan fingerprint density at radius 1 is 1.11 bits per heavy atom. The summed E-state index contributed by atoms with van der Waals surface area (Å²) in [6.07, 6.45) is 3.94. The molecule has 1 aromatic carbocycles. The number of nitrogens with one attached hydrogen (secondary N) is 1. The predicted molar refractivity (Wildman–Crippen MR) is 83.6 cm³/mol. The zero-order valence-electron chi connectivity index (χ0n) is 13.2. The number of hydrogen-bond donors (Lipinski definition) is 1. The van der Waals surface area contributed by atoms with Crippen LogP contribution in [0.15, 0.2) is 18.2 Å². The van der Waals surface area contributed by atoms with E-state index in [-0.39, 0.29) is 0 Å². The van der Waals surface area contributed by atoms with Crippen LogP contribution in [0, 0.1) is 25.2 Å². The molecule has 1 heteroatoms. The van der Waals surface area contributed by atoms with Crippen molar-refractivity contribution in [1.29, 1.82) is 0 Å². The second-order valence-electron chi connectivity index (χ2n) is 7.45. The summed E-state index contributed by atoms with van der Waals surface area (Å²) in [5.41, 5.74) is 4.63. The average molecular weight is 259 g/mol. The van der Waals surface area contributed by atoms with Gasteiger partial charge in [-0.25, -0.2) is 0 Å². The lowest BCUT2D eigenvalue weighted by Crippen LogP contribution is -2.34. The SMILES string of the molecule is Cc1cc(C)cc(CC(CNC2CC2)C(C)(C)C)c1. The number of aryl methyl sites for hydroxylation is 2. The van der Waals surface area contributed by atoms with Gasteiger partial charge in [-0.05, 0) is 56.6 Å². The van der Waals surface area contributed by atoms with Gasteiger partial charge in [0, 0.05) is 6.04 Å². The average Bonchev–Trinajstić information content (AvgIpc) is 3.04. The van der Waals surface area contributed by atoms with Gasteiger partial charge in [0.15, 0.2) is 0 Å². The van der Waals surface area contributed by atoms with Crippen molar-refractivity contribution in [3.8, 4) is 0 Å². The first-order valence-corrected chi connectivity index (χ1v) is 7.65. The molecule has 106 valence electrons. The van der Waals surface area contributed by atoms with Crippen LogP contribution in [0.3, 0.4) is 0 Å². The molecular formula is C18H29N. The molecule has 2 rings (SSSR count). The molecule has 0 radical (unpaired) electrons. The fourth-order valence-electron chi connectivity index (χ4n) is 2.75. The maximum atomic E-state index is 3.71. The van der Waals surface area contributed by atoms with Crippen LogP contribution in [-0.4, -0.2) is 12.6 Å². The van der Waals surface area contributed by atoms with Gasteiger partial charge in [0.2, 0.25) is 0 Å². The van der Waals surface area contributed by atoms with Gasteiger partial charge in [-0.1, -0.05) is 50.1 Å². The Balaban J connectivity index is 2.04. The summed E-state index contributed by atoms with van der Waals surface area (Å²) >= 11 is 0. The third kappa shape index (κ3) is 4.65. The van der Waals surface area contributed by atoms with Crippen molar-refractivity contribution in [2.75, 3.05) is 6.54 Å². The maximum absolute atomic E-state index is 3.71. The summed E-state index contributed by atoms with van der Waals surface area (Å²) < 4.78 is 0. The zero-order valence-corrected chi connectivity index (χ0v) is 13.2. The first kappa shape index (κ1) is 14.6. The van der Waals surface area contributed by atoms with Crippen LogP contribution in [0.4, 0.5) is 0 Å². The minimum Gasteiger partial charge on any atom is -0.314 e. The molecule has 0 heterocycles. The monoisotopic (exact) mass is 259 g/mol. The molecule has 1 nitrogen and oxygen atoms in total. The van der Waals surface area contributed by atoms with Crippen molar-refractivity contribution in [3.05, 3.63) is 34.9 Å². The molecule has 0 aromatic heterocycles. The molecular weight excluding hydrogens is 230 g/mol. The molecule has 0 spiro atoms. The number of hydrogen-bond acceptors (Lipinski definition) is 1. The largest absolute Gasteiger partial charge is 0.314 e. The molecule has 0 bridgehead atoms. The fraction of sp³-hybridized carbons (Fsp3) is 0.667. The van der Waals surface area contributed by atoms with E-state index < -0.39 is 0 Å². The molecule has 1 atom stereocenters. The maximum Gasteiger partial charge on any atom is 0.00683 e. The summed E-state index contributed by atoms with van der Waals surface area (Å²) in [5.74, 6) is 0.703. The van der Waals surface area contributed by atoms with Gasteiger partial charge in [-0.15, -0.1) is 0 Å². The van der Waals surface area contributed by atoms with Gasteiger partial charge < -0.3 is 5.32 Å². The van der Waals surface area contributed by atoms with E-state index in [0.29, 0.717) is 11.3 Å². The molecule has 1 fully saturated rings. The number of benzene rings is 1. The first-order chi connectivity index (χ1) is 8.84. The Bertz CT molecular complexity index is 404. The van der Waals surface area contributed by atoms with Gasteiger partial charge in [0.1, 0.15) is 0 Å². The topological polar surface area (TPSA) is 12.0 Å². The van der Waals surface area contributed by atoms with Gasteiger partial charge >= 0.3 is 0 Å². The lowest BCUT2D eigenvalue weighted by atomic mass is 9.77. The van der Waals surface area contributed by atoms with Crippen LogP contribution in [-0.2, 0) is 6.42 Å². The van der Waals surface area contributed by atoms with E-state index in [0.717, 1.165) is 12.6 Å². The van der Waals surface area contributed by atoms with Crippen molar-refractivity contribution in [3.63, 3.8) is 0 Å². The zero-order chi connectivity index (χ0) is 14.0. The molecule has 1 N–H and O–H groups in total. The normalized spacial score (nSPS) is 17.5. The molecule has 0 saturated heterocycles. The summed E-state index contributed by atoms with van der Waals surface area (Å²) in [7, 11) is 0. The molecule has 1 aliphatic rings. The molecule has 1 aliphatic carbocycles. The highest BCUT2D eigenvalue weighted by Gasteiger charge is 2.28. The third-order valence-corrected chi connectivity index (χ3v) is 4.22. The van der Waals surface area contributed by atoms with Gasteiger partial charge in [-0.3, -0.25) is 0 Å². The number of rotatable bonds is 5. The van der Waals surface area contributed by atoms with Crippen molar-refractivity contribution < 1.29 is 0 Å². The Kier molecular flexibility index (Phi) is 4.35. The van der Waals surface area contributed by atoms with Crippen molar-refractivity contribution >= 4 is 0 Å². The molecule has 1 unspecified atom stereocenters. The van der Waals surface area contributed by atoms with Crippen LogP contribution in [0.1, 0.15) is 50.3 Å². The van der Waals surface area contributed by atoms with Crippen LogP contribution in [0.25, 0.3) is 0 Å². The molecule has 1 saturated carbocycles. The van der Waals surface area contributed by atoms with Crippen molar-refractivity contribution in [1.82, 2.24) is 5.32 Å². The Morgan fingerprint density at radius 3 is 2.16 bits per heavy atom.